The molecule has 0 N–H and O–H groups in total. The molecule has 0 aliphatic heterocycles. The SMILES string of the molecule is CCCOC(=O)C(C)Sc1nccn1-c1ccc(OC)cc1. The summed E-state index contributed by atoms with van der Waals surface area (Å²) in [6.07, 6.45) is 4.41. The maximum Gasteiger partial charge on any atom is 0.319 e. The Kier molecular flexibility index (Phi) is 5.89. The largest absolute Gasteiger partial charge is 0.497 e. The van der Waals surface area contributed by atoms with E-state index in [1.165, 1.54) is 11.8 Å². The molecule has 0 bridgehead atoms. The zero-order chi connectivity index (χ0) is 15.9. The van der Waals surface area contributed by atoms with Crippen LogP contribution >= 0.6 is 11.8 Å². The van der Waals surface area contributed by atoms with Gasteiger partial charge in [0.25, 0.3) is 0 Å². The van der Waals surface area contributed by atoms with Gasteiger partial charge in [-0.25, -0.2) is 4.98 Å². The minimum atomic E-state index is -0.300. The van der Waals surface area contributed by atoms with Crippen molar-refractivity contribution in [3.05, 3.63) is 36.7 Å². The lowest BCUT2D eigenvalue weighted by atomic mass is 10.3. The number of nitrogens with zero attached hydrogens (tertiary/aromatic N) is 2. The van der Waals surface area contributed by atoms with Crippen LogP contribution in [0.4, 0.5) is 0 Å². The molecule has 1 aromatic heterocycles. The van der Waals surface area contributed by atoms with E-state index in [1.807, 2.05) is 48.9 Å². The Labute approximate surface area is 134 Å². The second kappa shape index (κ2) is 7.89. The highest BCUT2D eigenvalue weighted by Gasteiger charge is 2.18. The summed E-state index contributed by atoms with van der Waals surface area (Å²) in [6, 6.07) is 7.68. The number of hydrogen-bond donors (Lipinski definition) is 0. The van der Waals surface area contributed by atoms with Crippen LogP contribution in [0.25, 0.3) is 5.69 Å². The Morgan fingerprint density at radius 3 is 2.73 bits per heavy atom. The lowest BCUT2D eigenvalue weighted by molar-refractivity contribution is -0.142. The van der Waals surface area contributed by atoms with Crippen LogP contribution in [0, 0.1) is 0 Å². The molecule has 2 aromatic rings. The summed E-state index contributed by atoms with van der Waals surface area (Å²) < 4.78 is 12.3. The van der Waals surface area contributed by atoms with Crippen LogP contribution in [0.5, 0.6) is 5.75 Å². The van der Waals surface area contributed by atoms with Crippen molar-refractivity contribution >= 4 is 17.7 Å². The Morgan fingerprint density at radius 2 is 2.09 bits per heavy atom. The summed E-state index contributed by atoms with van der Waals surface area (Å²) in [5, 5.41) is 0.456. The van der Waals surface area contributed by atoms with Crippen molar-refractivity contribution in [1.29, 1.82) is 0 Å². The quantitative estimate of drug-likeness (QED) is 0.578. The van der Waals surface area contributed by atoms with Gasteiger partial charge in [0.1, 0.15) is 11.0 Å². The average Bonchev–Trinajstić information content (AvgIpc) is 3.00. The number of methoxy groups -OCH3 is 1. The number of benzene rings is 1. The predicted molar refractivity (Wildman–Crippen MR) is 86.7 cm³/mol. The lowest BCUT2D eigenvalue weighted by Crippen LogP contribution is -2.18. The van der Waals surface area contributed by atoms with E-state index in [0.29, 0.717) is 6.61 Å². The molecule has 1 aromatic carbocycles. The summed E-state index contributed by atoms with van der Waals surface area (Å²) in [5.74, 6) is 0.589. The first kappa shape index (κ1) is 16.4. The van der Waals surface area contributed by atoms with Gasteiger partial charge in [0.15, 0.2) is 5.16 Å². The molecular formula is C16H20N2O3S. The van der Waals surface area contributed by atoms with E-state index in [0.717, 1.165) is 23.0 Å². The van der Waals surface area contributed by atoms with E-state index in [1.54, 1.807) is 13.3 Å². The zero-order valence-corrected chi connectivity index (χ0v) is 13.8. The number of esters is 1. The van der Waals surface area contributed by atoms with Gasteiger partial charge in [-0.2, -0.15) is 0 Å². The molecule has 2 rings (SSSR count). The number of thioether (sulfide) groups is 1. The fourth-order valence-electron chi connectivity index (χ4n) is 1.84. The molecule has 1 heterocycles. The lowest BCUT2D eigenvalue weighted by Gasteiger charge is -2.12. The minimum absolute atomic E-state index is 0.212. The van der Waals surface area contributed by atoms with Crippen LogP contribution < -0.4 is 4.74 Å². The van der Waals surface area contributed by atoms with Gasteiger partial charge >= 0.3 is 5.97 Å². The molecule has 0 saturated heterocycles. The number of aromatic nitrogens is 2. The van der Waals surface area contributed by atoms with Crippen molar-refractivity contribution in [2.75, 3.05) is 13.7 Å². The summed E-state index contributed by atoms with van der Waals surface area (Å²) in [7, 11) is 1.64. The zero-order valence-electron chi connectivity index (χ0n) is 13.0. The highest BCUT2D eigenvalue weighted by atomic mass is 32.2. The van der Waals surface area contributed by atoms with E-state index in [4.69, 9.17) is 9.47 Å². The predicted octanol–water partition coefficient (Wildman–Crippen LogP) is 3.31. The first-order valence-corrected chi connectivity index (χ1v) is 8.04. The van der Waals surface area contributed by atoms with Crippen LogP contribution in [0.1, 0.15) is 20.3 Å². The molecule has 0 aliphatic carbocycles. The number of carbonyl (C=O) groups excluding carboxylic acids is 1. The highest BCUT2D eigenvalue weighted by Crippen LogP contribution is 2.26. The molecule has 118 valence electrons. The van der Waals surface area contributed by atoms with Gasteiger partial charge < -0.3 is 9.47 Å². The highest BCUT2D eigenvalue weighted by molar-refractivity contribution is 8.00. The van der Waals surface area contributed by atoms with Crippen molar-refractivity contribution in [2.45, 2.75) is 30.7 Å². The number of carbonyl (C=O) groups is 1. The number of ether oxygens (including phenoxy) is 2. The average molecular weight is 320 g/mol. The number of hydrogen-bond acceptors (Lipinski definition) is 5. The third-order valence-corrected chi connectivity index (χ3v) is 4.08. The first-order chi connectivity index (χ1) is 10.7. The molecular weight excluding hydrogens is 300 g/mol. The Morgan fingerprint density at radius 1 is 1.36 bits per heavy atom. The van der Waals surface area contributed by atoms with Crippen molar-refractivity contribution in [3.63, 3.8) is 0 Å². The molecule has 0 spiro atoms. The molecule has 6 heteroatoms. The van der Waals surface area contributed by atoms with Crippen molar-refractivity contribution in [1.82, 2.24) is 9.55 Å². The minimum Gasteiger partial charge on any atom is -0.497 e. The van der Waals surface area contributed by atoms with Crippen molar-refractivity contribution < 1.29 is 14.3 Å². The summed E-state index contributed by atoms with van der Waals surface area (Å²) in [4.78, 5) is 16.2. The van der Waals surface area contributed by atoms with Gasteiger partial charge in [0, 0.05) is 18.1 Å². The molecule has 0 radical (unpaired) electrons. The van der Waals surface area contributed by atoms with Crippen LogP contribution in [0.15, 0.2) is 41.8 Å². The van der Waals surface area contributed by atoms with Gasteiger partial charge in [-0.1, -0.05) is 18.7 Å². The smallest absolute Gasteiger partial charge is 0.319 e. The van der Waals surface area contributed by atoms with Crippen molar-refractivity contribution in [3.8, 4) is 11.4 Å². The molecule has 22 heavy (non-hydrogen) atoms. The van der Waals surface area contributed by atoms with Crippen LogP contribution in [-0.4, -0.2) is 34.5 Å². The Hall–Kier alpha value is -1.95. The fourth-order valence-corrected chi connectivity index (χ4v) is 2.72. The third kappa shape index (κ3) is 4.04. The topological polar surface area (TPSA) is 53.3 Å². The summed E-state index contributed by atoms with van der Waals surface area (Å²) >= 11 is 1.39. The van der Waals surface area contributed by atoms with Crippen LogP contribution in [0.2, 0.25) is 0 Å². The second-order valence-corrected chi connectivity index (χ2v) is 6.01. The van der Waals surface area contributed by atoms with Gasteiger partial charge in [0.2, 0.25) is 0 Å². The normalized spacial score (nSPS) is 12.0. The monoisotopic (exact) mass is 320 g/mol. The first-order valence-electron chi connectivity index (χ1n) is 7.16. The maximum absolute atomic E-state index is 11.9. The van der Waals surface area contributed by atoms with E-state index >= 15 is 0 Å². The van der Waals surface area contributed by atoms with E-state index in [2.05, 4.69) is 4.98 Å². The van der Waals surface area contributed by atoms with E-state index in [-0.39, 0.29) is 11.2 Å². The third-order valence-electron chi connectivity index (χ3n) is 3.02. The van der Waals surface area contributed by atoms with Gasteiger partial charge in [0.05, 0.1) is 13.7 Å². The van der Waals surface area contributed by atoms with Gasteiger partial charge in [-0.3, -0.25) is 9.36 Å². The van der Waals surface area contributed by atoms with Gasteiger partial charge in [-0.15, -0.1) is 0 Å². The second-order valence-electron chi connectivity index (χ2n) is 4.71. The summed E-state index contributed by atoms with van der Waals surface area (Å²) in [6.45, 7) is 4.26. The molecule has 1 unspecified atom stereocenters. The molecule has 1 atom stereocenters. The van der Waals surface area contributed by atoms with Gasteiger partial charge in [-0.05, 0) is 37.6 Å². The van der Waals surface area contributed by atoms with Crippen LogP contribution in [-0.2, 0) is 9.53 Å². The Balaban J connectivity index is 2.10. The van der Waals surface area contributed by atoms with Crippen LogP contribution in [0.3, 0.4) is 0 Å². The maximum atomic E-state index is 11.9. The van der Waals surface area contributed by atoms with E-state index in [9.17, 15) is 4.79 Å². The molecule has 0 saturated carbocycles. The molecule has 5 nitrogen and oxygen atoms in total. The number of rotatable bonds is 7. The standard InChI is InChI=1S/C16H20N2O3S/c1-4-11-21-15(19)12(2)22-16-17-9-10-18(16)13-5-7-14(20-3)8-6-13/h5-10,12H,4,11H2,1-3H3. The molecule has 0 aliphatic rings. The fraction of sp³-hybridized carbons (Fsp3) is 0.375. The number of imidazole rings is 1. The Bertz CT molecular complexity index is 610. The van der Waals surface area contributed by atoms with E-state index < -0.39 is 0 Å². The molecule has 0 fully saturated rings. The molecule has 0 amide bonds. The summed E-state index contributed by atoms with van der Waals surface area (Å²) in [5.41, 5.74) is 0.968. The van der Waals surface area contributed by atoms with Crippen molar-refractivity contribution in [2.24, 2.45) is 0 Å².